The first-order chi connectivity index (χ1) is 7.18. The lowest BCUT2D eigenvalue weighted by Crippen LogP contribution is -2.36. The van der Waals surface area contributed by atoms with Gasteiger partial charge in [0.1, 0.15) is 0 Å². The minimum Gasteiger partial charge on any atom is -0.381 e. The van der Waals surface area contributed by atoms with Crippen molar-refractivity contribution >= 4 is 5.91 Å². The summed E-state index contributed by atoms with van der Waals surface area (Å²) in [5.41, 5.74) is 0. The van der Waals surface area contributed by atoms with Gasteiger partial charge in [-0.2, -0.15) is 0 Å². The Labute approximate surface area is 91.0 Å². The van der Waals surface area contributed by atoms with Crippen LogP contribution in [0.4, 0.5) is 0 Å². The van der Waals surface area contributed by atoms with Crippen LogP contribution in [0.15, 0.2) is 0 Å². The summed E-state index contributed by atoms with van der Waals surface area (Å²) in [5, 5.41) is 3.27. The summed E-state index contributed by atoms with van der Waals surface area (Å²) in [6, 6.07) is 0.0207. The number of nitrogens with one attached hydrogen (secondary N) is 1. The molecule has 2 heterocycles. The first kappa shape index (κ1) is 10.9. The fraction of sp³-hybridized carbons (Fsp3) is 0.909. The van der Waals surface area contributed by atoms with E-state index in [4.69, 9.17) is 4.74 Å². The van der Waals surface area contributed by atoms with Gasteiger partial charge in [-0.25, -0.2) is 0 Å². The zero-order valence-electron chi connectivity index (χ0n) is 9.53. The molecule has 0 aliphatic carbocycles. The SMILES string of the molecule is CC(C)C1NCN(CC2CCOC2)C1=O. The molecule has 0 aromatic carbocycles. The third-order valence-electron chi connectivity index (χ3n) is 3.25. The van der Waals surface area contributed by atoms with Crippen molar-refractivity contribution in [1.29, 1.82) is 0 Å². The zero-order valence-corrected chi connectivity index (χ0v) is 9.53. The minimum atomic E-state index is 0.0207. The zero-order chi connectivity index (χ0) is 10.8. The van der Waals surface area contributed by atoms with Crippen molar-refractivity contribution in [2.75, 3.05) is 26.4 Å². The van der Waals surface area contributed by atoms with Crippen molar-refractivity contribution in [3.8, 4) is 0 Å². The van der Waals surface area contributed by atoms with E-state index >= 15 is 0 Å². The predicted octanol–water partition coefficient (Wildman–Crippen LogP) is 0.437. The monoisotopic (exact) mass is 212 g/mol. The second kappa shape index (κ2) is 4.49. The van der Waals surface area contributed by atoms with Gasteiger partial charge in [-0.3, -0.25) is 10.1 Å². The van der Waals surface area contributed by atoms with Gasteiger partial charge in [-0.05, 0) is 12.3 Å². The predicted molar refractivity (Wildman–Crippen MR) is 57.3 cm³/mol. The van der Waals surface area contributed by atoms with Crippen molar-refractivity contribution in [1.82, 2.24) is 10.2 Å². The molecule has 2 unspecified atom stereocenters. The molecule has 2 fully saturated rings. The Bertz CT molecular complexity index is 237. The van der Waals surface area contributed by atoms with Crippen molar-refractivity contribution in [3.63, 3.8) is 0 Å². The molecule has 0 saturated carbocycles. The highest BCUT2D eigenvalue weighted by Crippen LogP contribution is 2.18. The van der Waals surface area contributed by atoms with Crippen molar-refractivity contribution < 1.29 is 9.53 Å². The molecule has 0 bridgehead atoms. The Morgan fingerprint density at radius 1 is 1.60 bits per heavy atom. The molecule has 15 heavy (non-hydrogen) atoms. The van der Waals surface area contributed by atoms with Crippen LogP contribution in [-0.4, -0.2) is 43.3 Å². The van der Waals surface area contributed by atoms with E-state index < -0.39 is 0 Å². The lowest BCUT2D eigenvalue weighted by atomic mass is 10.0. The topological polar surface area (TPSA) is 41.6 Å². The molecule has 2 saturated heterocycles. The van der Waals surface area contributed by atoms with Crippen LogP contribution in [0.3, 0.4) is 0 Å². The highest BCUT2D eigenvalue weighted by molar-refractivity contribution is 5.84. The third-order valence-corrected chi connectivity index (χ3v) is 3.25. The second-order valence-electron chi connectivity index (χ2n) is 4.87. The van der Waals surface area contributed by atoms with Gasteiger partial charge in [0.15, 0.2) is 0 Å². The average molecular weight is 212 g/mol. The van der Waals surface area contributed by atoms with Crippen molar-refractivity contribution in [3.05, 3.63) is 0 Å². The Hall–Kier alpha value is -0.610. The Kier molecular flexibility index (Phi) is 3.26. The summed E-state index contributed by atoms with van der Waals surface area (Å²) in [4.78, 5) is 13.9. The number of rotatable bonds is 3. The molecule has 2 atom stereocenters. The maximum absolute atomic E-state index is 12.0. The molecule has 1 N–H and O–H groups in total. The number of carbonyl (C=O) groups is 1. The molecule has 0 aromatic heterocycles. The highest BCUT2D eigenvalue weighted by atomic mass is 16.5. The fourth-order valence-corrected chi connectivity index (χ4v) is 2.28. The molecular weight excluding hydrogens is 192 g/mol. The normalized spacial score (nSPS) is 31.9. The Morgan fingerprint density at radius 2 is 2.40 bits per heavy atom. The molecule has 0 radical (unpaired) electrons. The van der Waals surface area contributed by atoms with Crippen LogP contribution in [0.25, 0.3) is 0 Å². The van der Waals surface area contributed by atoms with Gasteiger partial charge < -0.3 is 9.64 Å². The van der Waals surface area contributed by atoms with E-state index in [1.807, 2.05) is 4.90 Å². The van der Waals surface area contributed by atoms with E-state index in [0.717, 1.165) is 26.2 Å². The van der Waals surface area contributed by atoms with Gasteiger partial charge in [0.25, 0.3) is 0 Å². The molecule has 4 nitrogen and oxygen atoms in total. The van der Waals surface area contributed by atoms with E-state index in [9.17, 15) is 4.79 Å². The standard InChI is InChI=1S/C11H20N2O2/c1-8(2)10-11(14)13(7-12-10)5-9-3-4-15-6-9/h8-10,12H,3-7H2,1-2H3. The van der Waals surface area contributed by atoms with Gasteiger partial charge in [-0.15, -0.1) is 0 Å². The summed E-state index contributed by atoms with van der Waals surface area (Å²) in [5.74, 6) is 1.18. The van der Waals surface area contributed by atoms with Gasteiger partial charge in [0, 0.05) is 19.1 Å². The number of hydrogen-bond donors (Lipinski definition) is 1. The number of carbonyl (C=O) groups excluding carboxylic acids is 1. The number of hydrogen-bond acceptors (Lipinski definition) is 3. The summed E-state index contributed by atoms with van der Waals surface area (Å²) < 4.78 is 5.32. The van der Waals surface area contributed by atoms with Crippen LogP contribution in [0.5, 0.6) is 0 Å². The molecule has 0 aromatic rings. The molecule has 0 spiro atoms. The van der Waals surface area contributed by atoms with E-state index in [0.29, 0.717) is 18.5 Å². The van der Waals surface area contributed by atoms with Gasteiger partial charge >= 0.3 is 0 Å². The van der Waals surface area contributed by atoms with Gasteiger partial charge in [0.2, 0.25) is 5.91 Å². The average Bonchev–Trinajstić information content (AvgIpc) is 2.78. The van der Waals surface area contributed by atoms with Crippen LogP contribution in [-0.2, 0) is 9.53 Å². The molecule has 1 amide bonds. The molecular formula is C11H20N2O2. The third kappa shape index (κ3) is 2.32. The maximum atomic E-state index is 12.0. The smallest absolute Gasteiger partial charge is 0.241 e. The van der Waals surface area contributed by atoms with Gasteiger partial charge in [-0.1, -0.05) is 13.8 Å². The van der Waals surface area contributed by atoms with Crippen LogP contribution in [0, 0.1) is 11.8 Å². The van der Waals surface area contributed by atoms with E-state index in [1.54, 1.807) is 0 Å². The van der Waals surface area contributed by atoms with E-state index in [-0.39, 0.29) is 11.9 Å². The quantitative estimate of drug-likeness (QED) is 0.738. The van der Waals surface area contributed by atoms with Crippen molar-refractivity contribution in [2.45, 2.75) is 26.3 Å². The van der Waals surface area contributed by atoms with Crippen molar-refractivity contribution in [2.24, 2.45) is 11.8 Å². The van der Waals surface area contributed by atoms with E-state index in [2.05, 4.69) is 19.2 Å². The second-order valence-corrected chi connectivity index (χ2v) is 4.87. The summed E-state index contributed by atoms with van der Waals surface area (Å²) >= 11 is 0. The molecule has 4 heteroatoms. The van der Waals surface area contributed by atoms with Crippen LogP contribution < -0.4 is 5.32 Å². The number of nitrogens with zero attached hydrogens (tertiary/aromatic N) is 1. The Morgan fingerprint density at radius 3 is 2.93 bits per heavy atom. The summed E-state index contributed by atoms with van der Waals surface area (Å²) in [6.45, 7) is 7.40. The van der Waals surface area contributed by atoms with Crippen LogP contribution in [0.2, 0.25) is 0 Å². The van der Waals surface area contributed by atoms with Crippen LogP contribution >= 0.6 is 0 Å². The van der Waals surface area contributed by atoms with E-state index in [1.165, 1.54) is 0 Å². The maximum Gasteiger partial charge on any atom is 0.241 e. The van der Waals surface area contributed by atoms with Crippen LogP contribution in [0.1, 0.15) is 20.3 Å². The Balaban J connectivity index is 1.86. The minimum absolute atomic E-state index is 0.0207. The first-order valence-corrected chi connectivity index (χ1v) is 5.78. The molecule has 2 aliphatic rings. The first-order valence-electron chi connectivity index (χ1n) is 5.78. The number of ether oxygens (including phenoxy) is 1. The summed E-state index contributed by atoms with van der Waals surface area (Å²) in [7, 11) is 0. The largest absolute Gasteiger partial charge is 0.381 e. The summed E-state index contributed by atoms with van der Waals surface area (Å²) in [6.07, 6.45) is 1.09. The lowest BCUT2D eigenvalue weighted by Gasteiger charge is -2.19. The molecule has 2 rings (SSSR count). The molecule has 2 aliphatic heterocycles. The lowest BCUT2D eigenvalue weighted by molar-refractivity contribution is -0.130. The number of amides is 1. The van der Waals surface area contributed by atoms with Gasteiger partial charge in [0.05, 0.1) is 19.3 Å². The highest BCUT2D eigenvalue weighted by Gasteiger charge is 2.34. The molecule has 86 valence electrons. The fourth-order valence-electron chi connectivity index (χ4n) is 2.28.